The van der Waals surface area contributed by atoms with E-state index in [9.17, 15) is 0 Å². The first kappa shape index (κ1) is 29.0. The van der Waals surface area contributed by atoms with Crippen LogP contribution in [0.25, 0.3) is 126 Å². The maximum absolute atomic E-state index is 6.42. The summed E-state index contributed by atoms with van der Waals surface area (Å²) in [7, 11) is 0. The lowest BCUT2D eigenvalue weighted by molar-refractivity contribution is 0.653. The Morgan fingerprint density at radius 3 is 1.80 bits per heavy atom. The molecule has 5 heteroatoms. The maximum atomic E-state index is 6.42. The molecule has 0 aliphatic heterocycles. The maximum Gasteiger partial charge on any atom is 0.247 e. The van der Waals surface area contributed by atoms with Gasteiger partial charge in [0.05, 0.1) is 11.0 Å². The molecule has 0 saturated heterocycles. The van der Waals surface area contributed by atoms with Crippen molar-refractivity contribution in [3.63, 3.8) is 0 Å². The Kier molecular flexibility index (Phi) is 5.57. The van der Waals surface area contributed by atoms with E-state index in [4.69, 9.17) is 18.8 Å². The van der Waals surface area contributed by atoms with Crippen LogP contribution >= 0.6 is 0 Å². The summed E-state index contributed by atoms with van der Waals surface area (Å²) in [6.07, 6.45) is 0. The van der Waals surface area contributed by atoms with E-state index in [-0.39, 0.29) is 0 Å². The van der Waals surface area contributed by atoms with Gasteiger partial charge in [0.15, 0.2) is 5.82 Å². The van der Waals surface area contributed by atoms with Crippen LogP contribution in [0.2, 0.25) is 0 Å². The number of fused-ring (bicyclic) bond motifs is 18. The SMILES string of the molecule is c1ccc2c(c1)ccc1c3c4c5ccccc5c5ccccc5c4ccc3n(-c3nc4c(nc3-c3ccc5oc6ccccc6c5c3)oc3ccccc34)c21. The van der Waals surface area contributed by atoms with Crippen molar-refractivity contribution in [3.8, 4) is 17.1 Å². The van der Waals surface area contributed by atoms with E-state index in [1.54, 1.807) is 0 Å². The number of hydrogen-bond donors (Lipinski definition) is 0. The molecule has 4 heterocycles. The van der Waals surface area contributed by atoms with Crippen LogP contribution in [0.1, 0.15) is 0 Å². The second-order valence-corrected chi connectivity index (χ2v) is 14.4. The molecule has 0 radical (unpaired) electrons. The van der Waals surface area contributed by atoms with Gasteiger partial charge in [-0.25, -0.2) is 9.97 Å². The highest BCUT2D eigenvalue weighted by Gasteiger charge is 2.25. The molecule has 0 unspecified atom stereocenters. The number of para-hydroxylation sites is 2. The largest absolute Gasteiger partial charge is 0.456 e. The second kappa shape index (κ2) is 10.6. The molecule has 254 valence electrons. The molecule has 0 aliphatic rings. The topological polar surface area (TPSA) is 57.0 Å². The predicted molar refractivity (Wildman–Crippen MR) is 226 cm³/mol. The number of aromatic nitrogens is 3. The fraction of sp³-hybridized carbons (Fsp3) is 0. The monoisotopic (exact) mass is 701 g/mol. The number of furan rings is 2. The molecule has 13 rings (SSSR count). The minimum absolute atomic E-state index is 0.505. The zero-order chi connectivity index (χ0) is 35.8. The third kappa shape index (κ3) is 3.86. The first-order valence-corrected chi connectivity index (χ1v) is 18.6. The summed E-state index contributed by atoms with van der Waals surface area (Å²) < 4.78 is 15.0. The van der Waals surface area contributed by atoms with Crippen LogP contribution in [0, 0.1) is 0 Å². The Morgan fingerprint density at radius 1 is 0.400 bits per heavy atom. The first-order valence-electron chi connectivity index (χ1n) is 18.6. The Hall–Kier alpha value is -7.50. The van der Waals surface area contributed by atoms with Crippen LogP contribution in [0.15, 0.2) is 173 Å². The van der Waals surface area contributed by atoms with E-state index in [2.05, 4.69) is 132 Å². The number of rotatable bonds is 2. The summed E-state index contributed by atoms with van der Waals surface area (Å²) in [6, 6.07) is 57.9. The minimum Gasteiger partial charge on any atom is -0.456 e. The van der Waals surface area contributed by atoms with Crippen molar-refractivity contribution in [2.45, 2.75) is 0 Å². The zero-order valence-corrected chi connectivity index (χ0v) is 29.2. The van der Waals surface area contributed by atoms with Gasteiger partial charge in [-0.05, 0) is 74.8 Å². The molecule has 0 fully saturated rings. The summed E-state index contributed by atoms with van der Waals surface area (Å²) >= 11 is 0. The molecule has 0 saturated carbocycles. The molecular formula is C50H27N3O2. The average Bonchev–Trinajstić information content (AvgIpc) is 3.92. The highest BCUT2D eigenvalue weighted by atomic mass is 16.3. The molecule has 9 aromatic carbocycles. The van der Waals surface area contributed by atoms with Crippen molar-refractivity contribution in [2.75, 3.05) is 0 Å². The van der Waals surface area contributed by atoms with Gasteiger partial charge < -0.3 is 8.83 Å². The Labute approximate surface area is 312 Å². The second-order valence-electron chi connectivity index (χ2n) is 14.4. The normalized spacial score (nSPS) is 12.4. The Morgan fingerprint density at radius 2 is 1.00 bits per heavy atom. The van der Waals surface area contributed by atoms with E-state index in [1.165, 1.54) is 43.1 Å². The molecule has 0 bridgehead atoms. The summed E-state index contributed by atoms with van der Waals surface area (Å²) in [6.45, 7) is 0. The van der Waals surface area contributed by atoms with Gasteiger partial charge in [0.1, 0.15) is 28.0 Å². The minimum atomic E-state index is 0.505. The number of nitrogens with zero attached hydrogens (tertiary/aromatic N) is 3. The lowest BCUT2D eigenvalue weighted by atomic mass is 9.91. The van der Waals surface area contributed by atoms with Crippen LogP contribution in [-0.4, -0.2) is 14.5 Å². The molecular weight excluding hydrogens is 675 g/mol. The molecule has 0 atom stereocenters. The van der Waals surface area contributed by atoms with Crippen LogP contribution in [0.5, 0.6) is 0 Å². The third-order valence-electron chi connectivity index (χ3n) is 11.6. The fourth-order valence-electron chi connectivity index (χ4n) is 9.22. The number of hydrogen-bond acceptors (Lipinski definition) is 4. The van der Waals surface area contributed by atoms with Crippen LogP contribution in [0.4, 0.5) is 0 Å². The van der Waals surface area contributed by atoms with Gasteiger partial charge in [-0.3, -0.25) is 4.57 Å². The molecule has 4 aromatic heterocycles. The summed E-state index contributed by atoms with van der Waals surface area (Å²) in [5.41, 5.74) is 7.50. The van der Waals surface area contributed by atoms with Crippen molar-refractivity contribution in [3.05, 3.63) is 164 Å². The van der Waals surface area contributed by atoms with E-state index in [1.807, 2.05) is 36.4 Å². The molecule has 0 spiro atoms. The highest BCUT2D eigenvalue weighted by Crippen LogP contribution is 2.46. The Bertz CT molecular complexity index is 3760. The van der Waals surface area contributed by atoms with Crippen LogP contribution in [-0.2, 0) is 0 Å². The van der Waals surface area contributed by atoms with Gasteiger partial charge in [0.25, 0.3) is 0 Å². The molecule has 0 N–H and O–H groups in total. The molecule has 0 aliphatic carbocycles. The van der Waals surface area contributed by atoms with Crippen LogP contribution in [0.3, 0.4) is 0 Å². The van der Waals surface area contributed by atoms with Crippen LogP contribution < -0.4 is 0 Å². The lowest BCUT2D eigenvalue weighted by Gasteiger charge is -2.14. The van der Waals surface area contributed by atoms with E-state index in [0.717, 1.165) is 77.3 Å². The first-order chi connectivity index (χ1) is 27.3. The van der Waals surface area contributed by atoms with E-state index in [0.29, 0.717) is 5.71 Å². The van der Waals surface area contributed by atoms with Crippen molar-refractivity contribution < 1.29 is 8.83 Å². The summed E-state index contributed by atoms with van der Waals surface area (Å²) in [5, 5.41) is 15.1. The van der Waals surface area contributed by atoms with Gasteiger partial charge in [-0.2, -0.15) is 0 Å². The summed E-state index contributed by atoms with van der Waals surface area (Å²) in [4.78, 5) is 11.0. The molecule has 0 amide bonds. The standard InChI is InChI=1S/C50H27N3O2/c1-2-12-30-28(11-1)21-23-38-45-40(25-24-36-33-15-4-3-13-31(33)32-14-5-6-17-35(32)44(36)45)53(48(30)38)49-46(52-50-47(51-49)37-18-8-10-20-42(37)55-50)29-22-26-43-39(27-29)34-16-7-9-19-41(34)54-43/h1-27H. The van der Waals surface area contributed by atoms with E-state index < -0.39 is 0 Å². The lowest BCUT2D eigenvalue weighted by Crippen LogP contribution is -2.03. The fourth-order valence-corrected chi connectivity index (χ4v) is 9.22. The quantitative estimate of drug-likeness (QED) is 0.168. The summed E-state index contributed by atoms with van der Waals surface area (Å²) in [5.74, 6) is 0.743. The predicted octanol–water partition coefficient (Wildman–Crippen LogP) is 13.7. The van der Waals surface area contributed by atoms with Gasteiger partial charge in [-0.15, -0.1) is 0 Å². The average molecular weight is 702 g/mol. The van der Waals surface area contributed by atoms with Gasteiger partial charge in [-0.1, -0.05) is 121 Å². The Balaban J connectivity index is 1.26. The van der Waals surface area contributed by atoms with Gasteiger partial charge >= 0.3 is 0 Å². The molecule has 55 heavy (non-hydrogen) atoms. The number of benzene rings is 9. The third-order valence-corrected chi connectivity index (χ3v) is 11.6. The van der Waals surface area contributed by atoms with Gasteiger partial charge in [0.2, 0.25) is 5.71 Å². The smallest absolute Gasteiger partial charge is 0.247 e. The zero-order valence-electron chi connectivity index (χ0n) is 29.2. The van der Waals surface area contributed by atoms with Crippen molar-refractivity contribution in [1.82, 2.24) is 14.5 Å². The van der Waals surface area contributed by atoms with Gasteiger partial charge in [0, 0.05) is 43.3 Å². The van der Waals surface area contributed by atoms with E-state index >= 15 is 0 Å². The van der Waals surface area contributed by atoms with Crippen molar-refractivity contribution in [2.24, 2.45) is 0 Å². The molecule has 13 aromatic rings. The van der Waals surface area contributed by atoms with Crippen molar-refractivity contribution in [1.29, 1.82) is 0 Å². The highest BCUT2D eigenvalue weighted by molar-refractivity contribution is 6.36. The molecule has 5 nitrogen and oxygen atoms in total. The van der Waals surface area contributed by atoms with Crippen molar-refractivity contribution >= 4 is 109 Å².